The molecule has 26 heavy (non-hydrogen) atoms. The molecule has 2 rings (SSSR count). The van der Waals surface area contributed by atoms with Crippen LogP contribution in [0.5, 0.6) is 5.75 Å². The number of ether oxygens (including phenoxy) is 1. The van der Waals surface area contributed by atoms with Crippen molar-refractivity contribution in [3.63, 3.8) is 0 Å². The molecule has 5 heteroatoms. The molecular formula is C21H26N2O3. The van der Waals surface area contributed by atoms with E-state index in [-0.39, 0.29) is 18.4 Å². The number of nitrogens with zero attached hydrogens (tertiary/aromatic N) is 1. The molecule has 0 radical (unpaired) electrons. The molecule has 0 fully saturated rings. The van der Waals surface area contributed by atoms with Crippen LogP contribution in [0.25, 0.3) is 0 Å². The van der Waals surface area contributed by atoms with Gasteiger partial charge >= 0.3 is 0 Å². The van der Waals surface area contributed by atoms with Crippen LogP contribution in [-0.4, -0.2) is 25.5 Å². The predicted octanol–water partition coefficient (Wildman–Crippen LogP) is 3.92. The highest BCUT2D eigenvalue weighted by Crippen LogP contribution is 2.28. The molecule has 2 amide bonds. The molecule has 2 aromatic rings. The van der Waals surface area contributed by atoms with Gasteiger partial charge in [-0.1, -0.05) is 23.8 Å². The van der Waals surface area contributed by atoms with Crippen LogP contribution in [0, 0.1) is 27.7 Å². The fraction of sp³-hybridized carbons (Fsp3) is 0.333. The van der Waals surface area contributed by atoms with Crippen molar-refractivity contribution >= 4 is 23.2 Å². The second kappa shape index (κ2) is 8.04. The van der Waals surface area contributed by atoms with Crippen LogP contribution >= 0.6 is 0 Å². The van der Waals surface area contributed by atoms with E-state index >= 15 is 0 Å². The molecule has 0 heterocycles. The number of benzene rings is 2. The normalized spacial score (nSPS) is 10.4. The summed E-state index contributed by atoms with van der Waals surface area (Å²) in [4.78, 5) is 26.3. The maximum Gasteiger partial charge on any atom is 0.244 e. The maximum absolute atomic E-state index is 12.6. The number of carbonyl (C=O) groups excluding carboxylic acids is 2. The summed E-state index contributed by atoms with van der Waals surface area (Å²) in [5.41, 5.74) is 5.46. The van der Waals surface area contributed by atoms with Crippen LogP contribution in [0.2, 0.25) is 0 Å². The molecule has 1 N–H and O–H groups in total. The minimum absolute atomic E-state index is 0.0584. The highest BCUT2D eigenvalue weighted by atomic mass is 16.5. The fourth-order valence-electron chi connectivity index (χ4n) is 3.20. The van der Waals surface area contributed by atoms with Crippen LogP contribution in [0.15, 0.2) is 30.3 Å². The Morgan fingerprint density at radius 2 is 1.62 bits per heavy atom. The van der Waals surface area contributed by atoms with Gasteiger partial charge in [-0.2, -0.15) is 0 Å². The lowest BCUT2D eigenvalue weighted by Gasteiger charge is -2.25. The first-order valence-electron chi connectivity index (χ1n) is 8.53. The number of hydrogen-bond donors (Lipinski definition) is 1. The number of aryl methyl sites for hydroxylation is 4. The molecule has 0 atom stereocenters. The van der Waals surface area contributed by atoms with Gasteiger partial charge in [0.15, 0.2) is 0 Å². The van der Waals surface area contributed by atoms with Crippen molar-refractivity contribution in [2.24, 2.45) is 0 Å². The van der Waals surface area contributed by atoms with Gasteiger partial charge in [0.2, 0.25) is 11.8 Å². The summed E-state index contributed by atoms with van der Waals surface area (Å²) in [7, 11) is 1.56. The number of carbonyl (C=O) groups is 2. The van der Waals surface area contributed by atoms with Crippen LogP contribution in [0.4, 0.5) is 11.4 Å². The van der Waals surface area contributed by atoms with E-state index in [2.05, 4.69) is 5.32 Å². The largest absolute Gasteiger partial charge is 0.495 e. The van der Waals surface area contributed by atoms with E-state index < -0.39 is 0 Å². The minimum atomic E-state index is -0.275. The molecule has 0 saturated heterocycles. The second-order valence-electron chi connectivity index (χ2n) is 6.60. The van der Waals surface area contributed by atoms with E-state index in [4.69, 9.17) is 4.74 Å². The van der Waals surface area contributed by atoms with E-state index in [1.807, 2.05) is 58.0 Å². The number of hydrogen-bond acceptors (Lipinski definition) is 3. The molecule has 0 unspecified atom stereocenters. The molecule has 0 bridgehead atoms. The van der Waals surface area contributed by atoms with E-state index in [9.17, 15) is 9.59 Å². The molecular weight excluding hydrogens is 328 g/mol. The van der Waals surface area contributed by atoms with Crippen molar-refractivity contribution in [2.45, 2.75) is 34.6 Å². The summed E-state index contributed by atoms with van der Waals surface area (Å²) in [6, 6.07) is 9.59. The molecule has 5 nitrogen and oxygen atoms in total. The van der Waals surface area contributed by atoms with Gasteiger partial charge in [-0.05, 0) is 56.5 Å². The van der Waals surface area contributed by atoms with E-state index in [1.54, 1.807) is 7.11 Å². The lowest BCUT2D eigenvalue weighted by Crippen LogP contribution is -2.37. The van der Waals surface area contributed by atoms with Gasteiger partial charge in [0.25, 0.3) is 0 Å². The standard InChI is InChI=1S/C21H26N2O3/c1-13-7-8-19(26-6)18(11-13)22-20(25)12-23(17(5)24)21-15(3)9-14(2)10-16(21)4/h7-11H,12H2,1-6H3,(H,22,25). The lowest BCUT2D eigenvalue weighted by molar-refractivity contribution is -0.120. The first kappa shape index (κ1) is 19.5. The van der Waals surface area contributed by atoms with Crippen LogP contribution in [0.3, 0.4) is 0 Å². The molecule has 138 valence electrons. The highest BCUT2D eigenvalue weighted by Gasteiger charge is 2.20. The van der Waals surface area contributed by atoms with E-state index in [0.717, 1.165) is 27.9 Å². The van der Waals surface area contributed by atoms with Gasteiger partial charge < -0.3 is 15.0 Å². The van der Waals surface area contributed by atoms with Crippen molar-refractivity contribution in [2.75, 3.05) is 23.9 Å². The van der Waals surface area contributed by atoms with Crippen molar-refractivity contribution in [3.05, 3.63) is 52.6 Å². The fourth-order valence-corrected chi connectivity index (χ4v) is 3.20. The first-order chi connectivity index (χ1) is 12.2. The number of amides is 2. The number of anilines is 2. The molecule has 0 saturated carbocycles. The van der Waals surface area contributed by atoms with Crippen molar-refractivity contribution < 1.29 is 14.3 Å². The van der Waals surface area contributed by atoms with Crippen LogP contribution in [-0.2, 0) is 9.59 Å². The Morgan fingerprint density at radius 3 is 2.15 bits per heavy atom. The molecule has 0 aromatic heterocycles. The second-order valence-corrected chi connectivity index (χ2v) is 6.60. The smallest absolute Gasteiger partial charge is 0.244 e. The number of rotatable bonds is 5. The zero-order valence-electron chi connectivity index (χ0n) is 16.3. The average Bonchev–Trinajstić information content (AvgIpc) is 2.53. The molecule has 2 aromatic carbocycles. The Bertz CT molecular complexity index is 820. The first-order valence-corrected chi connectivity index (χ1v) is 8.53. The third kappa shape index (κ3) is 4.42. The summed E-state index contributed by atoms with van der Waals surface area (Å²) in [6.45, 7) is 9.27. The average molecular weight is 354 g/mol. The third-order valence-corrected chi connectivity index (χ3v) is 4.22. The number of nitrogens with one attached hydrogen (secondary N) is 1. The van der Waals surface area contributed by atoms with Crippen LogP contribution < -0.4 is 15.0 Å². The maximum atomic E-state index is 12.6. The van der Waals surface area contributed by atoms with Gasteiger partial charge in [0.1, 0.15) is 12.3 Å². The van der Waals surface area contributed by atoms with Gasteiger partial charge in [-0.15, -0.1) is 0 Å². The quantitative estimate of drug-likeness (QED) is 0.885. The third-order valence-electron chi connectivity index (χ3n) is 4.22. The van der Waals surface area contributed by atoms with Gasteiger partial charge in [-0.3, -0.25) is 9.59 Å². The van der Waals surface area contributed by atoms with Gasteiger partial charge in [-0.25, -0.2) is 0 Å². The zero-order valence-corrected chi connectivity index (χ0v) is 16.3. The van der Waals surface area contributed by atoms with Crippen LogP contribution in [0.1, 0.15) is 29.2 Å². The summed E-state index contributed by atoms with van der Waals surface area (Å²) in [5.74, 6) is 0.135. The predicted molar refractivity (Wildman–Crippen MR) is 105 cm³/mol. The Kier molecular flexibility index (Phi) is 6.03. The Labute approximate surface area is 155 Å². The summed E-state index contributed by atoms with van der Waals surface area (Å²) in [5, 5.41) is 2.85. The zero-order chi connectivity index (χ0) is 19.4. The van der Waals surface area contributed by atoms with Crippen molar-refractivity contribution in [1.82, 2.24) is 0 Å². The Balaban J connectivity index is 2.28. The number of methoxy groups -OCH3 is 1. The minimum Gasteiger partial charge on any atom is -0.495 e. The van der Waals surface area contributed by atoms with E-state index in [0.29, 0.717) is 11.4 Å². The van der Waals surface area contributed by atoms with Crippen molar-refractivity contribution in [3.8, 4) is 5.75 Å². The summed E-state index contributed by atoms with van der Waals surface area (Å²) in [6.07, 6.45) is 0. The van der Waals surface area contributed by atoms with Gasteiger partial charge in [0, 0.05) is 6.92 Å². The summed E-state index contributed by atoms with van der Waals surface area (Å²) < 4.78 is 5.29. The summed E-state index contributed by atoms with van der Waals surface area (Å²) >= 11 is 0. The highest BCUT2D eigenvalue weighted by molar-refractivity contribution is 6.03. The molecule has 0 aliphatic rings. The monoisotopic (exact) mass is 354 g/mol. The van der Waals surface area contributed by atoms with E-state index in [1.165, 1.54) is 11.8 Å². The molecule has 0 spiro atoms. The topological polar surface area (TPSA) is 58.6 Å². The lowest BCUT2D eigenvalue weighted by atomic mass is 10.0. The SMILES string of the molecule is COc1ccc(C)cc1NC(=O)CN(C(C)=O)c1c(C)cc(C)cc1C. The Hall–Kier alpha value is -2.82. The molecule has 0 aliphatic heterocycles. The van der Waals surface area contributed by atoms with Crippen molar-refractivity contribution in [1.29, 1.82) is 0 Å². The van der Waals surface area contributed by atoms with Gasteiger partial charge in [0.05, 0.1) is 18.5 Å². The molecule has 0 aliphatic carbocycles. The Morgan fingerprint density at radius 1 is 1.00 bits per heavy atom.